The molecule has 1 aromatic carbocycles. The zero-order valence-corrected chi connectivity index (χ0v) is 18.1. The van der Waals surface area contributed by atoms with E-state index in [-0.39, 0.29) is 23.3 Å². The molecule has 3 aromatic rings. The van der Waals surface area contributed by atoms with Crippen molar-refractivity contribution in [1.29, 1.82) is 0 Å². The van der Waals surface area contributed by atoms with Crippen molar-refractivity contribution < 1.29 is 14.3 Å². The molecule has 1 fully saturated rings. The summed E-state index contributed by atoms with van der Waals surface area (Å²) in [6.45, 7) is 0. The molecule has 7 nitrogen and oxygen atoms in total. The Morgan fingerprint density at radius 3 is 2.80 bits per heavy atom. The number of fused-ring (bicyclic) bond motifs is 1. The van der Waals surface area contributed by atoms with Crippen LogP contribution in [0.3, 0.4) is 0 Å². The number of thioether (sulfide) groups is 1. The molecule has 1 saturated carbocycles. The quantitative estimate of drug-likeness (QED) is 0.351. The van der Waals surface area contributed by atoms with Crippen LogP contribution in [0.2, 0.25) is 0 Å². The van der Waals surface area contributed by atoms with Crippen LogP contribution in [0.4, 0.5) is 5.69 Å². The molecule has 0 aliphatic heterocycles. The first kappa shape index (κ1) is 20.6. The number of para-hydroxylation sites is 1. The first-order valence-corrected chi connectivity index (χ1v) is 11.5. The summed E-state index contributed by atoms with van der Waals surface area (Å²) in [5.41, 5.74) is 1.00. The fourth-order valence-corrected chi connectivity index (χ4v) is 5.32. The predicted octanol–water partition coefficient (Wildman–Crippen LogP) is 4.09. The molecule has 0 spiro atoms. The highest BCUT2D eigenvalue weighted by Crippen LogP contribution is 2.32. The monoisotopic (exact) mass is 443 g/mol. The van der Waals surface area contributed by atoms with Crippen LogP contribution in [0.1, 0.15) is 41.4 Å². The van der Waals surface area contributed by atoms with E-state index < -0.39 is 5.97 Å². The van der Waals surface area contributed by atoms with Gasteiger partial charge in [-0.25, -0.2) is 9.78 Å². The van der Waals surface area contributed by atoms with Gasteiger partial charge in [0, 0.05) is 6.04 Å². The van der Waals surface area contributed by atoms with Crippen LogP contribution in [0, 0.1) is 0 Å². The summed E-state index contributed by atoms with van der Waals surface area (Å²) in [6, 6.07) is 9.08. The molecule has 1 amide bonds. The summed E-state index contributed by atoms with van der Waals surface area (Å²) in [4.78, 5) is 42.5. The fraction of sp³-hybridized carbons (Fsp3) is 0.333. The molecule has 0 radical (unpaired) electrons. The van der Waals surface area contributed by atoms with Crippen LogP contribution in [0.15, 0.2) is 45.7 Å². The lowest BCUT2D eigenvalue weighted by molar-refractivity contribution is -0.113. The smallest absolute Gasteiger partial charge is 0.350 e. The van der Waals surface area contributed by atoms with Gasteiger partial charge in [0.1, 0.15) is 4.88 Å². The maximum Gasteiger partial charge on any atom is 0.350 e. The Labute approximate surface area is 181 Å². The Morgan fingerprint density at radius 1 is 1.27 bits per heavy atom. The van der Waals surface area contributed by atoms with E-state index in [4.69, 9.17) is 4.74 Å². The molecule has 9 heteroatoms. The van der Waals surface area contributed by atoms with E-state index in [0.717, 1.165) is 25.7 Å². The van der Waals surface area contributed by atoms with Crippen LogP contribution >= 0.6 is 23.1 Å². The zero-order chi connectivity index (χ0) is 21.1. The van der Waals surface area contributed by atoms with E-state index in [1.807, 2.05) is 18.2 Å². The molecule has 30 heavy (non-hydrogen) atoms. The van der Waals surface area contributed by atoms with Gasteiger partial charge < -0.3 is 10.1 Å². The number of amides is 1. The summed E-state index contributed by atoms with van der Waals surface area (Å²) in [7, 11) is 1.30. The van der Waals surface area contributed by atoms with Gasteiger partial charge in [-0.1, -0.05) is 36.7 Å². The molecule has 0 saturated heterocycles. The molecule has 4 rings (SSSR count). The van der Waals surface area contributed by atoms with Crippen molar-refractivity contribution in [2.24, 2.45) is 0 Å². The number of aromatic nitrogens is 2. The number of thiophene rings is 1. The average Bonchev–Trinajstić information content (AvgIpc) is 3.44. The Balaban J connectivity index is 1.57. The van der Waals surface area contributed by atoms with Gasteiger partial charge in [0.25, 0.3) is 5.56 Å². The normalized spacial score (nSPS) is 14.2. The average molecular weight is 444 g/mol. The van der Waals surface area contributed by atoms with Crippen LogP contribution in [-0.2, 0) is 9.53 Å². The van der Waals surface area contributed by atoms with Gasteiger partial charge in [0.2, 0.25) is 5.91 Å². The number of anilines is 1. The molecule has 2 aromatic heterocycles. The summed E-state index contributed by atoms with van der Waals surface area (Å²) in [5, 5.41) is 5.62. The Hall–Kier alpha value is -2.65. The van der Waals surface area contributed by atoms with E-state index in [0.29, 0.717) is 26.6 Å². The van der Waals surface area contributed by atoms with Crippen LogP contribution in [0.5, 0.6) is 0 Å². The third-order valence-corrected chi connectivity index (χ3v) is 6.95. The van der Waals surface area contributed by atoms with Crippen LogP contribution in [0.25, 0.3) is 10.9 Å². The van der Waals surface area contributed by atoms with Gasteiger partial charge in [-0.15, -0.1) is 11.3 Å². The predicted molar refractivity (Wildman–Crippen MR) is 119 cm³/mol. The highest BCUT2D eigenvalue weighted by Gasteiger charge is 2.23. The topological polar surface area (TPSA) is 90.3 Å². The lowest BCUT2D eigenvalue weighted by Crippen LogP contribution is -2.27. The first-order chi connectivity index (χ1) is 14.6. The highest BCUT2D eigenvalue weighted by molar-refractivity contribution is 7.99. The summed E-state index contributed by atoms with van der Waals surface area (Å²) in [6.07, 6.45) is 4.06. The number of nitrogens with zero attached hydrogens (tertiary/aromatic N) is 2. The van der Waals surface area contributed by atoms with Crippen molar-refractivity contribution in [2.75, 3.05) is 18.2 Å². The first-order valence-electron chi connectivity index (χ1n) is 9.68. The molecular weight excluding hydrogens is 422 g/mol. The minimum Gasteiger partial charge on any atom is -0.465 e. The van der Waals surface area contributed by atoms with E-state index >= 15 is 0 Å². The third kappa shape index (κ3) is 4.13. The number of esters is 1. The molecule has 156 valence electrons. The van der Waals surface area contributed by atoms with E-state index in [2.05, 4.69) is 10.3 Å². The third-order valence-electron chi connectivity index (χ3n) is 5.11. The Bertz CT molecular complexity index is 1150. The van der Waals surface area contributed by atoms with Gasteiger partial charge >= 0.3 is 5.97 Å². The number of carbonyl (C=O) groups excluding carboxylic acids is 2. The lowest BCUT2D eigenvalue weighted by atomic mass is 10.2. The number of benzene rings is 1. The van der Waals surface area contributed by atoms with Crippen molar-refractivity contribution in [3.05, 3.63) is 50.9 Å². The van der Waals surface area contributed by atoms with Crippen molar-refractivity contribution in [2.45, 2.75) is 36.9 Å². The highest BCUT2D eigenvalue weighted by atomic mass is 32.2. The number of hydrogen-bond donors (Lipinski definition) is 1. The second-order valence-electron chi connectivity index (χ2n) is 7.02. The Morgan fingerprint density at radius 2 is 2.03 bits per heavy atom. The zero-order valence-electron chi connectivity index (χ0n) is 16.4. The van der Waals surface area contributed by atoms with Gasteiger partial charge in [0.15, 0.2) is 5.16 Å². The van der Waals surface area contributed by atoms with Crippen molar-refractivity contribution in [3.63, 3.8) is 0 Å². The second-order valence-corrected chi connectivity index (χ2v) is 8.88. The van der Waals surface area contributed by atoms with E-state index in [9.17, 15) is 14.4 Å². The number of nitrogens with one attached hydrogen (secondary N) is 1. The maximum absolute atomic E-state index is 13.1. The molecule has 0 bridgehead atoms. The number of hydrogen-bond acceptors (Lipinski definition) is 7. The SMILES string of the molecule is COC(=O)c1sccc1NC(=O)CSc1nc2ccccc2c(=O)n1C1CCCC1. The van der Waals surface area contributed by atoms with Crippen molar-refractivity contribution in [1.82, 2.24) is 9.55 Å². The minimum absolute atomic E-state index is 0.0544. The number of ether oxygens (including phenoxy) is 1. The van der Waals surface area contributed by atoms with E-state index in [1.165, 1.54) is 30.2 Å². The fourth-order valence-electron chi connectivity index (χ4n) is 3.69. The molecule has 1 aliphatic rings. The largest absolute Gasteiger partial charge is 0.465 e. The Kier molecular flexibility index (Phi) is 6.19. The van der Waals surface area contributed by atoms with Crippen LogP contribution in [-0.4, -0.2) is 34.3 Å². The molecule has 0 unspecified atom stereocenters. The molecular formula is C21H21N3O4S2. The standard InChI is InChI=1S/C21H21N3O4S2/c1-28-20(27)18-16(10-11-29-18)22-17(25)12-30-21-23-15-9-5-4-8-14(15)19(26)24(21)13-6-2-3-7-13/h4-5,8-11,13H,2-3,6-7,12H2,1H3,(H,22,25). The summed E-state index contributed by atoms with van der Waals surface area (Å²) in [5.74, 6) is -0.684. The number of methoxy groups -OCH3 is 1. The van der Waals surface area contributed by atoms with Crippen molar-refractivity contribution in [3.8, 4) is 0 Å². The lowest BCUT2D eigenvalue weighted by Gasteiger charge is -2.18. The van der Waals surface area contributed by atoms with Crippen molar-refractivity contribution >= 4 is 51.6 Å². The van der Waals surface area contributed by atoms with Gasteiger partial charge in [-0.05, 0) is 36.4 Å². The number of carbonyl (C=O) groups is 2. The molecule has 0 atom stereocenters. The minimum atomic E-state index is -0.487. The van der Waals surface area contributed by atoms with Gasteiger partial charge in [-0.3, -0.25) is 14.2 Å². The second kappa shape index (κ2) is 9.01. The summed E-state index contributed by atoms with van der Waals surface area (Å²) >= 11 is 2.45. The van der Waals surface area contributed by atoms with Gasteiger partial charge in [-0.2, -0.15) is 0 Å². The van der Waals surface area contributed by atoms with Gasteiger partial charge in [0.05, 0.1) is 29.5 Å². The molecule has 1 aliphatic carbocycles. The number of rotatable bonds is 6. The van der Waals surface area contributed by atoms with Crippen LogP contribution < -0.4 is 10.9 Å². The van der Waals surface area contributed by atoms with E-state index in [1.54, 1.807) is 22.1 Å². The maximum atomic E-state index is 13.1. The molecule has 2 heterocycles. The summed E-state index contributed by atoms with van der Waals surface area (Å²) < 4.78 is 6.50. The molecule has 1 N–H and O–H groups in total.